The molecule has 0 fully saturated rings. The number of hydrogen-bond acceptors (Lipinski definition) is 1. The molecule has 0 saturated heterocycles. The van der Waals surface area contributed by atoms with E-state index >= 15 is 0 Å². The van der Waals surface area contributed by atoms with Crippen LogP contribution in [0.15, 0.2) is 0 Å². The Morgan fingerprint density at radius 2 is 1.00 bits per heavy atom. The maximum Gasteiger partial charge on any atom is 2.00 e. The molecule has 1 nitrogen and oxygen atoms in total. The second kappa shape index (κ2) is 4.47. The largest absolute Gasteiger partial charge is 2.00 e. The minimum Gasteiger partial charge on any atom is -0.312 e. The van der Waals surface area contributed by atoms with Crippen molar-refractivity contribution >= 4 is 0 Å². The zero-order valence-corrected chi connectivity index (χ0v) is 4.82. The number of rotatable bonds is 0. The summed E-state index contributed by atoms with van der Waals surface area (Å²) in [5.41, 5.74) is 0. The smallest absolute Gasteiger partial charge is 0.312 e. The molecule has 1 radical (unpaired) electrons. The summed E-state index contributed by atoms with van der Waals surface area (Å²) in [5.74, 6) is 0. The third-order valence-corrected chi connectivity index (χ3v) is 0. The number of nitrogens with zero attached hydrogens (tertiary/aromatic N) is 1. The molecular weight excluding hydrogens is 109 g/mol. The fourth-order valence-electron chi connectivity index (χ4n) is 0. The van der Waals surface area contributed by atoms with Crippen LogP contribution in [0, 0.1) is 0 Å². The zero-order valence-electron chi connectivity index (χ0n) is 3.78. The zero-order chi connectivity index (χ0) is 3.58. The molecule has 0 rings (SSSR count). The van der Waals surface area contributed by atoms with Gasteiger partial charge in [0.05, 0.1) is 0 Å². The minimum absolute atomic E-state index is 0. The van der Waals surface area contributed by atoms with Crippen LogP contribution in [0.2, 0.25) is 0 Å². The van der Waals surface area contributed by atoms with E-state index in [-0.39, 0.29) is 16.8 Å². The Kier molecular flexibility index (Phi) is 8.11. The van der Waals surface area contributed by atoms with Crippen molar-refractivity contribution in [1.82, 2.24) is 4.90 Å². The molecule has 33 valence electrons. The van der Waals surface area contributed by atoms with E-state index in [0.717, 1.165) is 0 Å². The molecule has 0 unspecified atom stereocenters. The molecule has 0 spiro atoms. The van der Waals surface area contributed by atoms with Crippen LogP contribution in [0.25, 0.3) is 0 Å². The van der Waals surface area contributed by atoms with Crippen molar-refractivity contribution in [3.05, 3.63) is 0 Å². The summed E-state index contributed by atoms with van der Waals surface area (Å²) < 4.78 is 0. The molecule has 0 aromatic carbocycles. The second-order valence-corrected chi connectivity index (χ2v) is 1.34. The van der Waals surface area contributed by atoms with E-state index in [9.17, 15) is 0 Å². The molecule has 0 aliphatic rings. The van der Waals surface area contributed by atoms with E-state index in [0.29, 0.717) is 0 Å². The maximum absolute atomic E-state index is 2.00. The van der Waals surface area contributed by atoms with Gasteiger partial charge in [0, 0.05) is 0 Å². The van der Waals surface area contributed by atoms with E-state index < -0.39 is 0 Å². The third kappa shape index (κ3) is 125. The van der Waals surface area contributed by atoms with Crippen molar-refractivity contribution in [2.24, 2.45) is 0 Å². The average Bonchev–Trinajstić information content (AvgIpc) is 0.811. The van der Waals surface area contributed by atoms with Crippen molar-refractivity contribution in [2.45, 2.75) is 0 Å². The molecule has 0 saturated carbocycles. The Hall–Kier alpha value is 0.466. The first-order valence-electron chi connectivity index (χ1n) is 1.34. The van der Waals surface area contributed by atoms with Gasteiger partial charge in [0.2, 0.25) is 0 Å². The quantitative estimate of drug-likeness (QED) is 0.438. The molecule has 0 bridgehead atoms. The fraction of sp³-hybridized carbons (Fsp3) is 1.00. The van der Waals surface area contributed by atoms with Crippen molar-refractivity contribution < 1.29 is 16.8 Å². The molecule has 0 atom stereocenters. The van der Waals surface area contributed by atoms with Gasteiger partial charge in [-0.2, -0.15) is 0 Å². The van der Waals surface area contributed by atoms with Gasteiger partial charge in [-0.25, -0.2) is 0 Å². The van der Waals surface area contributed by atoms with Crippen LogP contribution in [0.1, 0.15) is 0 Å². The second-order valence-electron chi connectivity index (χ2n) is 1.34. The summed E-state index contributed by atoms with van der Waals surface area (Å²) in [6.45, 7) is 0. The summed E-state index contributed by atoms with van der Waals surface area (Å²) >= 11 is 0. The Labute approximate surface area is 43.5 Å². The van der Waals surface area contributed by atoms with Crippen LogP contribution in [-0.4, -0.2) is 26.0 Å². The Morgan fingerprint density at radius 1 is 1.00 bits per heavy atom. The molecule has 0 heterocycles. The van der Waals surface area contributed by atoms with Crippen LogP contribution < -0.4 is 0 Å². The standard InChI is InChI=1S/C3H9N.Co/c1-4(2)3;/h1-3H3;/q;+2. The van der Waals surface area contributed by atoms with Crippen LogP contribution in [0.5, 0.6) is 0 Å². The first-order chi connectivity index (χ1) is 1.73. The van der Waals surface area contributed by atoms with Gasteiger partial charge in [0.1, 0.15) is 0 Å². The number of hydrogen-bond donors (Lipinski definition) is 0. The predicted molar refractivity (Wildman–Crippen MR) is 19.6 cm³/mol. The first kappa shape index (κ1) is 9.08. The van der Waals surface area contributed by atoms with Gasteiger partial charge in [-0.1, -0.05) is 0 Å². The molecule has 0 amide bonds. The van der Waals surface area contributed by atoms with Crippen molar-refractivity contribution in [2.75, 3.05) is 21.1 Å². The Morgan fingerprint density at radius 3 is 1.00 bits per heavy atom. The summed E-state index contributed by atoms with van der Waals surface area (Å²) in [4.78, 5) is 2.00. The van der Waals surface area contributed by atoms with Gasteiger partial charge >= 0.3 is 16.8 Å². The van der Waals surface area contributed by atoms with Crippen molar-refractivity contribution in [3.63, 3.8) is 0 Å². The summed E-state index contributed by atoms with van der Waals surface area (Å²) in [6.07, 6.45) is 0. The van der Waals surface area contributed by atoms with E-state index in [1.807, 2.05) is 26.0 Å². The molecule has 2 heteroatoms. The molecule has 0 aromatic rings. The molecule has 0 aliphatic heterocycles. The Bertz CT molecular complexity index is 11.6. The summed E-state index contributed by atoms with van der Waals surface area (Å²) in [6, 6.07) is 0. The SMILES string of the molecule is CN(C)C.[Co+2]. The fourth-order valence-corrected chi connectivity index (χ4v) is 0. The van der Waals surface area contributed by atoms with Gasteiger partial charge in [0.15, 0.2) is 0 Å². The molecule has 0 aliphatic carbocycles. The molecule has 0 aromatic heterocycles. The van der Waals surface area contributed by atoms with Crippen molar-refractivity contribution in [1.29, 1.82) is 0 Å². The minimum atomic E-state index is 0. The summed E-state index contributed by atoms with van der Waals surface area (Å²) in [7, 11) is 6.00. The molecular formula is C3H9CoN+2. The van der Waals surface area contributed by atoms with Crippen LogP contribution in [0.4, 0.5) is 0 Å². The Balaban J connectivity index is 0. The molecule has 5 heavy (non-hydrogen) atoms. The maximum atomic E-state index is 2.00. The topological polar surface area (TPSA) is 3.24 Å². The van der Waals surface area contributed by atoms with Gasteiger partial charge in [-0.3, -0.25) is 0 Å². The molecule has 0 N–H and O–H groups in total. The van der Waals surface area contributed by atoms with E-state index in [1.54, 1.807) is 0 Å². The third-order valence-electron chi connectivity index (χ3n) is 0. The van der Waals surface area contributed by atoms with Gasteiger partial charge in [0.25, 0.3) is 0 Å². The van der Waals surface area contributed by atoms with E-state index in [2.05, 4.69) is 0 Å². The van der Waals surface area contributed by atoms with Crippen LogP contribution >= 0.6 is 0 Å². The first-order valence-corrected chi connectivity index (χ1v) is 1.34. The van der Waals surface area contributed by atoms with E-state index in [4.69, 9.17) is 0 Å². The van der Waals surface area contributed by atoms with Gasteiger partial charge in [-0.15, -0.1) is 0 Å². The average molecular weight is 118 g/mol. The predicted octanol–water partition coefficient (Wildman–Crippen LogP) is 0.175. The van der Waals surface area contributed by atoms with Crippen LogP contribution in [0.3, 0.4) is 0 Å². The van der Waals surface area contributed by atoms with Crippen LogP contribution in [-0.2, 0) is 16.8 Å². The van der Waals surface area contributed by atoms with Gasteiger partial charge in [-0.05, 0) is 21.1 Å². The normalized spacial score (nSPS) is 7.20. The van der Waals surface area contributed by atoms with Gasteiger partial charge < -0.3 is 4.90 Å². The monoisotopic (exact) mass is 118 g/mol. The van der Waals surface area contributed by atoms with Crippen molar-refractivity contribution in [3.8, 4) is 0 Å². The van der Waals surface area contributed by atoms with E-state index in [1.165, 1.54) is 0 Å². The summed E-state index contributed by atoms with van der Waals surface area (Å²) in [5, 5.41) is 0.